The molecule has 4 aromatic rings. The van der Waals surface area contributed by atoms with Crippen molar-refractivity contribution < 1.29 is 22.8 Å². The molecule has 0 bridgehead atoms. The molecule has 2 aromatic heterocycles. The maximum Gasteiger partial charge on any atom is 0.391 e. The maximum atomic E-state index is 13.8. The molecule has 2 aliphatic carbocycles. The van der Waals surface area contributed by atoms with Gasteiger partial charge in [-0.15, -0.1) is 0 Å². The van der Waals surface area contributed by atoms with Gasteiger partial charge in [0.25, 0.3) is 17.4 Å². The van der Waals surface area contributed by atoms with Crippen LogP contribution < -0.4 is 26.4 Å². The van der Waals surface area contributed by atoms with Crippen LogP contribution in [0.1, 0.15) is 65.4 Å². The fourth-order valence-corrected chi connectivity index (χ4v) is 8.01. The van der Waals surface area contributed by atoms with Crippen molar-refractivity contribution in [1.29, 1.82) is 0 Å². The molecular formula is C36H38Cl2F3N7O3. The first-order chi connectivity index (χ1) is 24.3. The SMILES string of the molecule is CCn1c(C(=O)NCc2ccc(Cl)c(Nc3nc4cc(C(=O)N[C@H]5CC[C@H](C(F)(F)F)CC5)c(N5CC6CC6C5)cc4n3C)c2Cl)cccc1=O. The largest absolute Gasteiger partial charge is 0.391 e. The van der Waals surface area contributed by atoms with Crippen molar-refractivity contribution in [2.75, 3.05) is 23.3 Å². The van der Waals surface area contributed by atoms with Crippen LogP contribution in [-0.2, 0) is 20.1 Å². The number of pyridine rings is 1. The molecule has 0 radical (unpaired) electrons. The molecule has 10 nitrogen and oxygen atoms in total. The van der Waals surface area contributed by atoms with Gasteiger partial charge >= 0.3 is 6.18 Å². The van der Waals surface area contributed by atoms with Crippen LogP contribution in [0.5, 0.6) is 0 Å². The number of aryl methyl sites for hydroxylation is 1. The molecule has 2 atom stereocenters. The van der Waals surface area contributed by atoms with Crippen LogP contribution in [0.25, 0.3) is 11.0 Å². The fourth-order valence-electron chi connectivity index (χ4n) is 7.47. The highest BCUT2D eigenvalue weighted by atomic mass is 35.5. The van der Waals surface area contributed by atoms with E-state index in [1.807, 2.05) is 17.7 Å². The minimum absolute atomic E-state index is 0.00205. The van der Waals surface area contributed by atoms with E-state index in [4.69, 9.17) is 28.2 Å². The number of nitrogens with one attached hydrogen (secondary N) is 3. The zero-order valence-electron chi connectivity index (χ0n) is 28.1. The van der Waals surface area contributed by atoms with E-state index in [2.05, 4.69) is 20.9 Å². The van der Waals surface area contributed by atoms with Crippen LogP contribution in [0.4, 0.5) is 30.5 Å². The Bertz CT molecular complexity index is 2060. The lowest BCUT2D eigenvalue weighted by Gasteiger charge is -2.31. The van der Waals surface area contributed by atoms with Gasteiger partial charge in [0.15, 0.2) is 0 Å². The van der Waals surface area contributed by atoms with E-state index in [-0.39, 0.29) is 60.5 Å². The number of carbonyl (C=O) groups is 2. The van der Waals surface area contributed by atoms with Gasteiger partial charge in [0.05, 0.1) is 43.9 Å². The topological polar surface area (TPSA) is 113 Å². The number of nitrogens with zero attached hydrogens (tertiary/aromatic N) is 4. The van der Waals surface area contributed by atoms with Gasteiger partial charge in [-0.25, -0.2) is 4.98 Å². The first-order valence-corrected chi connectivity index (χ1v) is 17.9. The lowest BCUT2D eigenvalue weighted by atomic mass is 9.85. The van der Waals surface area contributed by atoms with Crippen molar-refractivity contribution in [3.63, 3.8) is 0 Å². The van der Waals surface area contributed by atoms with Crippen LogP contribution in [-0.4, -0.2) is 51.2 Å². The van der Waals surface area contributed by atoms with E-state index in [0.29, 0.717) is 51.7 Å². The van der Waals surface area contributed by atoms with Gasteiger partial charge in [-0.1, -0.05) is 35.3 Å². The normalized spacial score (nSPS) is 21.4. The van der Waals surface area contributed by atoms with Crippen LogP contribution in [0, 0.1) is 17.8 Å². The summed E-state index contributed by atoms with van der Waals surface area (Å²) in [6, 6.07) is 11.2. The van der Waals surface area contributed by atoms with Crippen molar-refractivity contribution in [3.05, 3.63) is 79.7 Å². The van der Waals surface area contributed by atoms with Gasteiger partial charge in [0, 0.05) is 45.3 Å². The summed E-state index contributed by atoms with van der Waals surface area (Å²) in [5.74, 6) is -0.470. The van der Waals surface area contributed by atoms with Crippen molar-refractivity contribution in [2.24, 2.45) is 24.8 Å². The monoisotopic (exact) mass is 743 g/mol. The van der Waals surface area contributed by atoms with Gasteiger partial charge in [0.1, 0.15) is 5.69 Å². The summed E-state index contributed by atoms with van der Waals surface area (Å²) in [5, 5.41) is 9.68. The Balaban J connectivity index is 1.13. The summed E-state index contributed by atoms with van der Waals surface area (Å²) >= 11 is 13.4. The summed E-state index contributed by atoms with van der Waals surface area (Å²) in [7, 11) is 1.83. The van der Waals surface area contributed by atoms with Crippen LogP contribution in [0.15, 0.2) is 47.3 Å². The fraction of sp³-hybridized carbons (Fsp3) is 0.444. The van der Waals surface area contributed by atoms with Crippen molar-refractivity contribution in [2.45, 2.75) is 64.3 Å². The molecule has 15 heteroatoms. The molecule has 3 fully saturated rings. The molecule has 1 saturated heterocycles. The molecule has 7 rings (SSSR count). The summed E-state index contributed by atoms with van der Waals surface area (Å²) in [6.07, 6.45) is -2.50. The number of piperidine rings is 1. The number of halogens is 5. The number of carbonyl (C=O) groups excluding carboxylic acids is 2. The van der Waals surface area contributed by atoms with Crippen molar-refractivity contribution in [1.82, 2.24) is 24.8 Å². The second-order valence-electron chi connectivity index (χ2n) is 13.8. The van der Waals surface area contributed by atoms with E-state index in [0.717, 1.165) is 24.3 Å². The number of rotatable bonds is 9. The highest BCUT2D eigenvalue weighted by Gasteiger charge is 2.46. The number of hydrogen-bond donors (Lipinski definition) is 3. The van der Waals surface area contributed by atoms with E-state index in [9.17, 15) is 27.6 Å². The summed E-state index contributed by atoms with van der Waals surface area (Å²) < 4.78 is 43.0. The van der Waals surface area contributed by atoms with E-state index in [1.54, 1.807) is 31.2 Å². The molecule has 3 N–H and O–H groups in total. The Labute approximate surface area is 302 Å². The predicted octanol–water partition coefficient (Wildman–Crippen LogP) is 7.04. The Morgan fingerprint density at radius 2 is 1.73 bits per heavy atom. The zero-order valence-corrected chi connectivity index (χ0v) is 29.6. The minimum atomic E-state index is -4.22. The third-order valence-electron chi connectivity index (χ3n) is 10.5. The average molecular weight is 745 g/mol. The molecule has 0 spiro atoms. The first kappa shape index (κ1) is 35.2. The summed E-state index contributed by atoms with van der Waals surface area (Å²) in [6.45, 7) is 3.87. The first-order valence-electron chi connectivity index (χ1n) is 17.2. The molecule has 2 aromatic carbocycles. The standard InChI is InChI=1S/C36H38Cl2F3N7O3/c1-3-48-27(5-4-6-30(48)49)34(51)42-16-19-7-12-25(37)32(31(19)38)45-35-44-26-14-24(33(50)43-23-10-8-22(9-11-23)36(39,40)41)28(15-29(26)46(35)2)47-17-20-13-21(20)18-47/h4-7,12,14-15,20-23H,3,8-11,13,16-18H2,1-2H3,(H,42,51)(H,43,50)(H,44,45)/t20?,21?,22-,23-. The Morgan fingerprint density at radius 1 is 1.00 bits per heavy atom. The Morgan fingerprint density at radius 3 is 2.41 bits per heavy atom. The predicted molar refractivity (Wildman–Crippen MR) is 191 cm³/mol. The molecule has 3 heterocycles. The third kappa shape index (κ3) is 7.02. The van der Waals surface area contributed by atoms with Crippen molar-refractivity contribution in [3.8, 4) is 0 Å². The molecule has 2 saturated carbocycles. The molecule has 51 heavy (non-hydrogen) atoms. The van der Waals surface area contributed by atoms with Gasteiger partial charge in [-0.2, -0.15) is 13.2 Å². The summed E-state index contributed by atoms with van der Waals surface area (Å²) in [5.41, 5.74) is 3.43. The van der Waals surface area contributed by atoms with Gasteiger partial charge in [-0.3, -0.25) is 14.4 Å². The smallest absolute Gasteiger partial charge is 0.370 e. The second-order valence-corrected chi connectivity index (χ2v) is 14.6. The number of fused-ring (bicyclic) bond motifs is 2. The van der Waals surface area contributed by atoms with Crippen LogP contribution >= 0.6 is 23.2 Å². The average Bonchev–Trinajstić information content (AvgIpc) is 3.58. The number of imidazole rings is 1. The molecular weight excluding hydrogens is 706 g/mol. The Kier molecular flexibility index (Phi) is 9.47. The number of aromatic nitrogens is 3. The number of anilines is 3. The van der Waals surface area contributed by atoms with Crippen molar-refractivity contribution >= 4 is 63.4 Å². The highest BCUT2D eigenvalue weighted by Crippen LogP contribution is 2.47. The highest BCUT2D eigenvalue weighted by molar-refractivity contribution is 6.39. The van der Waals surface area contributed by atoms with Gasteiger partial charge < -0.3 is 30.0 Å². The molecule has 3 aliphatic rings. The molecule has 1 aliphatic heterocycles. The molecule has 2 unspecified atom stereocenters. The Hall–Kier alpha value is -4.23. The zero-order chi connectivity index (χ0) is 36.2. The number of amides is 2. The van der Waals surface area contributed by atoms with E-state index >= 15 is 0 Å². The maximum absolute atomic E-state index is 13.8. The minimum Gasteiger partial charge on any atom is -0.370 e. The summed E-state index contributed by atoms with van der Waals surface area (Å²) in [4.78, 5) is 46.0. The number of hydrogen-bond acceptors (Lipinski definition) is 6. The molecule has 2 amide bonds. The van der Waals surface area contributed by atoms with Gasteiger partial charge in [-0.05, 0) is 80.7 Å². The van der Waals surface area contributed by atoms with E-state index < -0.39 is 18.0 Å². The van der Waals surface area contributed by atoms with E-state index in [1.165, 1.54) is 23.1 Å². The third-order valence-corrected chi connectivity index (χ3v) is 11.3. The van der Waals surface area contributed by atoms with Gasteiger partial charge in [0.2, 0.25) is 5.95 Å². The lowest BCUT2D eigenvalue weighted by Crippen LogP contribution is -2.40. The number of alkyl halides is 3. The second kappa shape index (κ2) is 13.7. The van der Waals surface area contributed by atoms with Crippen LogP contribution in [0.3, 0.4) is 0 Å². The molecule has 270 valence electrons. The quantitative estimate of drug-likeness (QED) is 0.170. The number of benzene rings is 2. The lowest BCUT2D eigenvalue weighted by molar-refractivity contribution is -0.182. The van der Waals surface area contributed by atoms with Crippen LogP contribution in [0.2, 0.25) is 10.0 Å².